The van der Waals surface area contributed by atoms with Gasteiger partial charge in [-0.05, 0) is 30.3 Å². The molecule has 0 fully saturated rings. The number of rotatable bonds is 3. The molecule has 0 aliphatic heterocycles. The van der Waals surface area contributed by atoms with Crippen molar-refractivity contribution in [2.75, 3.05) is 7.11 Å². The summed E-state index contributed by atoms with van der Waals surface area (Å²) in [6.45, 7) is 0.645. The Morgan fingerprint density at radius 1 is 1.26 bits per heavy atom. The van der Waals surface area contributed by atoms with Gasteiger partial charge in [-0.15, -0.1) is 0 Å². The zero-order valence-electron chi connectivity index (χ0n) is 10.5. The van der Waals surface area contributed by atoms with Crippen LogP contribution in [0, 0.1) is 5.82 Å². The van der Waals surface area contributed by atoms with Crippen LogP contribution in [0.3, 0.4) is 0 Å². The highest BCUT2D eigenvalue weighted by atomic mass is 19.1. The first kappa shape index (κ1) is 11.7. The summed E-state index contributed by atoms with van der Waals surface area (Å²) in [5.41, 5.74) is 1.99. The van der Waals surface area contributed by atoms with Gasteiger partial charge in [0.15, 0.2) is 0 Å². The second kappa shape index (κ2) is 4.72. The van der Waals surface area contributed by atoms with Crippen LogP contribution >= 0.6 is 0 Å². The minimum atomic E-state index is -0.218. The summed E-state index contributed by atoms with van der Waals surface area (Å²) in [5, 5.41) is 0.892. The summed E-state index contributed by atoms with van der Waals surface area (Å²) in [4.78, 5) is 4.18. The molecule has 0 amide bonds. The molecule has 96 valence electrons. The molecule has 0 radical (unpaired) electrons. The van der Waals surface area contributed by atoms with E-state index in [2.05, 4.69) is 4.98 Å². The van der Waals surface area contributed by atoms with Crippen molar-refractivity contribution < 1.29 is 9.13 Å². The van der Waals surface area contributed by atoms with Crippen molar-refractivity contribution in [2.45, 2.75) is 6.54 Å². The molecule has 0 aliphatic carbocycles. The Morgan fingerprint density at radius 2 is 2.16 bits per heavy atom. The normalized spacial score (nSPS) is 10.8. The molecule has 2 heterocycles. The SMILES string of the molecule is COc1ncccc1Cn1ccc2cc(F)ccc21. The summed E-state index contributed by atoms with van der Waals surface area (Å²) in [6, 6.07) is 10.5. The second-order valence-electron chi connectivity index (χ2n) is 4.32. The van der Waals surface area contributed by atoms with E-state index in [0.717, 1.165) is 16.5 Å². The molecule has 0 saturated heterocycles. The number of aromatic nitrogens is 2. The fourth-order valence-corrected chi connectivity index (χ4v) is 2.22. The molecular formula is C15H13FN2O. The predicted octanol–water partition coefficient (Wildman–Crippen LogP) is 3.23. The monoisotopic (exact) mass is 256 g/mol. The first-order chi connectivity index (χ1) is 9.28. The fraction of sp³-hybridized carbons (Fsp3) is 0.133. The van der Waals surface area contributed by atoms with E-state index in [9.17, 15) is 4.39 Å². The number of hydrogen-bond acceptors (Lipinski definition) is 2. The van der Waals surface area contributed by atoms with Crippen molar-refractivity contribution in [3.05, 3.63) is 60.2 Å². The van der Waals surface area contributed by atoms with Crippen LogP contribution in [0.15, 0.2) is 48.8 Å². The van der Waals surface area contributed by atoms with Crippen molar-refractivity contribution >= 4 is 10.9 Å². The van der Waals surface area contributed by atoms with E-state index >= 15 is 0 Å². The lowest BCUT2D eigenvalue weighted by Crippen LogP contribution is -2.01. The average Bonchev–Trinajstić information content (AvgIpc) is 2.82. The maximum Gasteiger partial charge on any atom is 0.218 e. The quantitative estimate of drug-likeness (QED) is 0.719. The number of halogens is 1. The lowest BCUT2D eigenvalue weighted by atomic mass is 10.2. The Kier molecular flexibility index (Phi) is 2.91. The summed E-state index contributed by atoms with van der Waals surface area (Å²) in [5.74, 6) is 0.399. The largest absolute Gasteiger partial charge is 0.481 e. The third-order valence-corrected chi connectivity index (χ3v) is 3.12. The van der Waals surface area contributed by atoms with E-state index in [1.807, 2.05) is 29.0 Å². The maximum atomic E-state index is 13.2. The molecule has 0 unspecified atom stereocenters. The first-order valence-electron chi connectivity index (χ1n) is 6.00. The number of ether oxygens (including phenoxy) is 1. The number of pyridine rings is 1. The summed E-state index contributed by atoms with van der Waals surface area (Å²) < 4.78 is 20.4. The van der Waals surface area contributed by atoms with Gasteiger partial charge in [-0.25, -0.2) is 9.37 Å². The van der Waals surface area contributed by atoms with Crippen LogP contribution < -0.4 is 4.74 Å². The van der Waals surface area contributed by atoms with Gasteiger partial charge < -0.3 is 9.30 Å². The Hall–Kier alpha value is -2.36. The molecule has 0 N–H and O–H groups in total. The third-order valence-electron chi connectivity index (χ3n) is 3.12. The highest BCUT2D eigenvalue weighted by molar-refractivity contribution is 5.80. The number of fused-ring (bicyclic) bond motifs is 1. The van der Waals surface area contributed by atoms with Crippen molar-refractivity contribution in [3.8, 4) is 5.88 Å². The fourth-order valence-electron chi connectivity index (χ4n) is 2.22. The standard InChI is InChI=1S/C15H13FN2O/c1-19-15-12(3-2-7-17-15)10-18-8-6-11-9-13(16)4-5-14(11)18/h2-9H,10H2,1H3. The Labute approximate surface area is 110 Å². The molecule has 0 atom stereocenters. The molecule has 0 saturated carbocycles. The Morgan fingerprint density at radius 3 is 3.00 bits per heavy atom. The number of hydrogen-bond donors (Lipinski definition) is 0. The molecule has 4 heteroatoms. The minimum absolute atomic E-state index is 0.218. The van der Waals surface area contributed by atoms with Crippen molar-refractivity contribution in [1.82, 2.24) is 9.55 Å². The van der Waals surface area contributed by atoms with E-state index in [1.165, 1.54) is 12.1 Å². The highest BCUT2D eigenvalue weighted by Crippen LogP contribution is 2.21. The van der Waals surface area contributed by atoms with Crippen molar-refractivity contribution in [2.24, 2.45) is 0 Å². The molecular weight excluding hydrogens is 243 g/mol. The van der Waals surface area contributed by atoms with Crippen molar-refractivity contribution in [1.29, 1.82) is 0 Å². The van der Waals surface area contributed by atoms with Gasteiger partial charge in [0.2, 0.25) is 5.88 Å². The Bertz CT molecular complexity index is 721. The van der Waals surface area contributed by atoms with Gasteiger partial charge in [0.1, 0.15) is 5.82 Å². The summed E-state index contributed by atoms with van der Waals surface area (Å²) >= 11 is 0. The van der Waals surface area contributed by atoms with Gasteiger partial charge in [-0.3, -0.25) is 0 Å². The molecule has 1 aromatic carbocycles. The van der Waals surface area contributed by atoms with Gasteiger partial charge in [0.25, 0.3) is 0 Å². The van der Waals surface area contributed by atoms with Gasteiger partial charge in [0.05, 0.1) is 13.7 Å². The molecule has 3 nitrogen and oxygen atoms in total. The average molecular weight is 256 g/mol. The molecule has 3 rings (SSSR count). The minimum Gasteiger partial charge on any atom is -0.481 e. The zero-order chi connectivity index (χ0) is 13.2. The lowest BCUT2D eigenvalue weighted by Gasteiger charge is -2.09. The van der Waals surface area contributed by atoms with E-state index in [0.29, 0.717) is 12.4 Å². The van der Waals surface area contributed by atoms with Crippen LogP contribution in [0.4, 0.5) is 4.39 Å². The molecule has 3 aromatic rings. The maximum absolute atomic E-state index is 13.2. The van der Waals surface area contributed by atoms with Crippen LogP contribution in [-0.2, 0) is 6.54 Å². The molecule has 0 bridgehead atoms. The number of nitrogens with zero attached hydrogens (tertiary/aromatic N) is 2. The van der Waals surface area contributed by atoms with E-state index in [-0.39, 0.29) is 5.82 Å². The number of benzene rings is 1. The van der Waals surface area contributed by atoms with Crippen LogP contribution in [-0.4, -0.2) is 16.7 Å². The van der Waals surface area contributed by atoms with E-state index < -0.39 is 0 Å². The second-order valence-corrected chi connectivity index (χ2v) is 4.32. The summed E-state index contributed by atoms with van der Waals surface area (Å²) in [6.07, 6.45) is 3.64. The van der Waals surface area contributed by atoms with Crippen LogP contribution in [0.1, 0.15) is 5.56 Å². The van der Waals surface area contributed by atoms with Crippen molar-refractivity contribution in [3.63, 3.8) is 0 Å². The third kappa shape index (κ3) is 2.17. The Balaban J connectivity index is 2.01. The topological polar surface area (TPSA) is 27.1 Å². The molecule has 19 heavy (non-hydrogen) atoms. The number of methoxy groups -OCH3 is 1. The highest BCUT2D eigenvalue weighted by Gasteiger charge is 2.07. The predicted molar refractivity (Wildman–Crippen MR) is 71.8 cm³/mol. The molecule has 2 aromatic heterocycles. The molecule has 0 spiro atoms. The lowest BCUT2D eigenvalue weighted by molar-refractivity contribution is 0.391. The summed E-state index contributed by atoms with van der Waals surface area (Å²) in [7, 11) is 1.61. The van der Waals surface area contributed by atoms with Gasteiger partial charge >= 0.3 is 0 Å². The smallest absolute Gasteiger partial charge is 0.218 e. The van der Waals surface area contributed by atoms with Gasteiger partial charge in [0, 0.05) is 28.9 Å². The first-order valence-corrected chi connectivity index (χ1v) is 6.00. The van der Waals surface area contributed by atoms with E-state index in [1.54, 1.807) is 19.4 Å². The van der Waals surface area contributed by atoms with E-state index in [4.69, 9.17) is 4.74 Å². The van der Waals surface area contributed by atoms with Crippen LogP contribution in [0.2, 0.25) is 0 Å². The molecule has 0 aliphatic rings. The van der Waals surface area contributed by atoms with Gasteiger partial charge in [-0.1, -0.05) is 6.07 Å². The van der Waals surface area contributed by atoms with Crippen LogP contribution in [0.25, 0.3) is 10.9 Å². The van der Waals surface area contributed by atoms with Gasteiger partial charge in [-0.2, -0.15) is 0 Å². The zero-order valence-corrected chi connectivity index (χ0v) is 10.5. The van der Waals surface area contributed by atoms with Crippen LogP contribution in [0.5, 0.6) is 5.88 Å².